The van der Waals surface area contributed by atoms with Gasteiger partial charge in [-0.3, -0.25) is 14.5 Å². The van der Waals surface area contributed by atoms with Crippen molar-refractivity contribution < 1.29 is 9.59 Å². The molecule has 1 aromatic rings. The topological polar surface area (TPSA) is 63.4 Å². The van der Waals surface area contributed by atoms with Gasteiger partial charge in [0.25, 0.3) is 5.91 Å². The van der Waals surface area contributed by atoms with E-state index in [1.807, 2.05) is 16.8 Å². The summed E-state index contributed by atoms with van der Waals surface area (Å²) in [5.74, 6) is -0.311. The monoisotopic (exact) mass is 238 g/mol. The van der Waals surface area contributed by atoms with Gasteiger partial charge in [0.1, 0.15) is 0 Å². The summed E-state index contributed by atoms with van der Waals surface area (Å²) in [6.07, 6.45) is 4.25. The van der Waals surface area contributed by atoms with Crippen molar-refractivity contribution in [2.45, 2.75) is 6.42 Å². The van der Waals surface area contributed by atoms with Gasteiger partial charge >= 0.3 is 0 Å². The minimum atomic E-state index is -0.311. The smallest absolute Gasteiger partial charge is 0.252 e. The summed E-state index contributed by atoms with van der Waals surface area (Å²) < 4.78 is 0. The summed E-state index contributed by atoms with van der Waals surface area (Å²) in [7, 11) is 0. The van der Waals surface area contributed by atoms with Gasteiger partial charge in [-0.1, -0.05) is 0 Å². The molecule has 0 aliphatic rings. The summed E-state index contributed by atoms with van der Waals surface area (Å²) >= 11 is 1.56. The zero-order valence-electron chi connectivity index (χ0n) is 8.83. The molecule has 0 aliphatic carbocycles. The molecule has 0 fully saturated rings. The standard InChI is InChI=1S/C11H14N2O2S/c12-5-1-6-13(9-14)11(15)3-2-10-4-7-16-8-10/h2-4,7-9H,1,5-6,12H2/b3-2+. The molecule has 86 valence electrons. The van der Waals surface area contributed by atoms with Gasteiger partial charge in [-0.15, -0.1) is 0 Å². The van der Waals surface area contributed by atoms with E-state index in [1.165, 1.54) is 6.08 Å². The first-order valence-corrected chi connectivity index (χ1v) is 5.88. The minimum absolute atomic E-state index is 0.311. The third kappa shape index (κ3) is 3.96. The molecule has 0 radical (unpaired) electrons. The fourth-order valence-electron chi connectivity index (χ4n) is 1.11. The van der Waals surface area contributed by atoms with E-state index in [0.717, 1.165) is 10.5 Å². The summed E-state index contributed by atoms with van der Waals surface area (Å²) in [6.45, 7) is 0.832. The maximum atomic E-state index is 11.5. The molecule has 0 saturated carbocycles. The van der Waals surface area contributed by atoms with Gasteiger partial charge in [0, 0.05) is 12.6 Å². The highest BCUT2D eigenvalue weighted by atomic mass is 32.1. The number of nitrogens with zero attached hydrogens (tertiary/aromatic N) is 1. The molecule has 1 heterocycles. The number of carbonyl (C=O) groups excluding carboxylic acids is 2. The third-order valence-electron chi connectivity index (χ3n) is 1.98. The van der Waals surface area contributed by atoms with Gasteiger partial charge in [0.2, 0.25) is 6.41 Å². The second kappa shape index (κ2) is 6.92. The number of imide groups is 1. The van der Waals surface area contributed by atoms with Gasteiger partial charge < -0.3 is 5.73 Å². The number of hydrogen-bond donors (Lipinski definition) is 1. The zero-order valence-corrected chi connectivity index (χ0v) is 9.65. The first-order chi connectivity index (χ1) is 7.77. The molecule has 5 heteroatoms. The second-order valence-electron chi connectivity index (χ2n) is 3.17. The van der Waals surface area contributed by atoms with Crippen LogP contribution in [0.15, 0.2) is 22.9 Å². The maximum absolute atomic E-state index is 11.5. The van der Waals surface area contributed by atoms with Crippen molar-refractivity contribution in [2.24, 2.45) is 5.73 Å². The Hall–Kier alpha value is -1.46. The molecule has 0 bridgehead atoms. The van der Waals surface area contributed by atoms with Crippen LogP contribution in [0.2, 0.25) is 0 Å². The molecule has 2 amide bonds. The minimum Gasteiger partial charge on any atom is -0.330 e. The lowest BCUT2D eigenvalue weighted by Gasteiger charge is -2.11. The fourth-order valence-corrected chi connectivity index (χ4v) is 1.74. The SMILES string of the molecule is NCCCN(C=O)C(=O)/C=C/c1ccsc1. The number of amides is 2. The van der Waals surface area contributed by atoms with Crippen molar-refractivity contribution in [1.29, 1.82) is 0 Å². The van der Waals surface area contributed by atoms with Crippen LogP contribution in [0.25, 0.3) is 6.08 Å². The van der Waals surface area contributed by atoms with E-state index in [0.29, 0.717) is 25.9 Å². The van der Waals surface area contributed by atoms with Crippen LogP contribution in [0.3, 0.4) is 0 Å². The van der Waals surface area contributed by atoms with Crippen molar-refractivity contribution >= 4 is 29.7 Å². The Labute approximate surface area is 98.4 Å². The van der Waals surface area contributed by atoms with E-state index in [2.05, 4.69) is 0 Å². The number of thiophene rings is 1. The zero-order chi connectivity index (χ0) is 11.8. The van der Waals surface area contributed by atoms with E-state index in [-0.39, 0.29) is 5.91 Å². The molecular formula is C11H14N2O2S. The van der Waals surface area contributed by atoms with Gasteiger partial charge in [-0.2, -0.15) is 11.3 Å². The van der Waals surface area contributed by atoms with Gasteiger partial charge in [-0.25, -0.2) is 0 Å². The van der Waals surface area contributed by atoms with Gasteiger partial charge in [0.05, 0.1) is 0 Å². The summed E-state index contributed by atoms with van der Waals surface area (Å²) in [5.41, 5.74) is 6.27. The molecule has 0 unspecified atom stereocenters. The number of hydrogen-bond acceptors (Lipinski definition) is 4. The van der Waals surface area contributed by atoms with E-state index in [1.54, 1.807) is 17.4 Å². The van der Waals surface area contributed by atoms with Crippen LogP contribution >= 0.6 is 11.3 Å². The van der Waals surface area contributed by atoms with E-state index < -0.39 is 0 Å². The highest BCUT2D eigenvalue weighted by Crippen LogP contribution is 2.07. The molecule has 0 atom stereocenters. The summed E-state index contributed by atoms with van der Waals surface area (Å²) in [4.78, 5) is 23.3. The Kier molecular flexibility index (Phi) is 5.45. The predicted octanol–water partition coefficient (Wildman–Crippen LogP) is 1.10. The van der Waals surface area contributed by atoms with Crippen LogP contribution in [0.4, 0.5) is 0 Å². The highest BCUT2D eigenvalue weighted by molar-refractivity contribution is 7.08. The fraction of sp³-hybridized carbons (Fsp3) is 0.273. The molecule has 0 aliphatic heterocycles. The van der Waals surface area contributed by atoms with Gasteiger partial charge in [0.15, 0.2) is 0 Å². The van der Waals surface area contributed by atoms with Crippen molar-refractivity contribution in [3.8, 4) is 0 Å². The van der Waals surface area contributed by atoms with E-state index in [4.69, 9.17) is 5.73 Å². The molecular weight excluding hydrogens is 224 g/mol. The maximum Gasteiger partial charge on any atom is 0.252 e. The van der Waals surface area contributed by atoms with Crippen molar-refractivity contribution in [1.82, 2.24) is 4.90 Å². The molecule has 0 aromatic carbocycles. The lowest BCUT2D eigenvalue weighted by molar-refractivity contribution is -0.134. The van der Waals surface area contributed by atoms with Crippen LogP contribution in [0.5, 0.6) is 0 Å². The second-order valence-corrected chi connectivity index (χ2v) is 3.95. The highest BCUT2D eigenvalue weighted by Gasteiger charge is 2.07. The van der Waals surface area contributed by atoms with Crippen LogP contribution < -0.4 is 5.73 Å². The molecule has 0 saturated heterocycles. The Balaban J connectivity index is 2.52. The Morgan fingerprint density at radius 1 is 1.56 bits per heavy atom. The molecule has 4 nitrogen and oxygen atoms in total. The number of nitrogens with two attached hydrogens (primary N) is 1. The van der Waals surface area contributed by atoms with Crippen molar-refractivity contribution in [3.63, 3.8) is 0 Å². The predicted molar refractivity (Wildman–Crippen MR) is 64.8 cm³/mol. The van der Waals surface area contributed by atoms with Crippen LogP contribution in [0.1, 0.15) is 12.0 Å². The molecule has 1 aromatic heterocycles. The third-order valence-corrected chi connectivity index (χ3v) is 2.68. The Morgan fingerprint density at radius 2 is 2.38 bits per heavy atom. The average molecular weight is 238 g/mol. The molecule has 1 rings (SSSR count). The summed E-state index contributed by atoms with van der Waals surface area (Å²) in [5, 5.41) is 3.85. The Morgan fingerprint density at radius 3 is 2.94 bits per heavy atom. The van der Waals surface area contributed by atoms with Crippen LogP contribution in [-0.4, -0.2) is 30.3 Å². The first kappa shape index (κ1) is 12.6. The number of rotatable bonds is 6. The normalized spacial score (nSPS) is 10.6. The van der Waals surface area contributed by atoms with Gasteiger partial charge in [-0.05, 0) is 41.4 Å². The lowest BCUT2D eigenvalue weighted by Crippen LogP contribution is -2.30. The van der Waals surface area contributed by atoms with Crippen molar-refractivity contribution in [3.05, 3.63) is 28.5 Å². The lowest BCUT2D eigenvalue weighted by atomic mass is 10.3. The molecule has 2 N–H and O–H groups in total. The Bertz CT molecular complexity index is 360. The molecule has 0 spiro atoms. The quantitative estimate of drug-likeness (QED) is 0.596. The van der Waals surface area contributed by atoms with Crippen LogP contribution in [0, 0.1) is 0 Å². The van der Waals surface area contributed by atoms with E-state index in [9.17, 15) is 9.59 Å². The van der Waals surface area contributed by atoms with E-state index >= 15 is 0 Å². The number of carbonyl (C=O) groups is 2. The molecule has 16 heavy (non-hydrogen) atoms. The first-order valence-electron chi connectivity index (χ1n) is 4.94. The summed E-state index contributed by atoms with van der Waals surface area (Å²) in [6, 6.07) is 1.90. The average Bonchev–Trinajstić information content (AvgIpc) is 2.80. The van der Waals surface area contributed by atoms with Crippen LogP contribution in [-0.2, 0) is 9.59 Å². The largest absolute Gasteiger partial charge is 0.330 e. The van der Waals surface area contributed by atoms with Crippen molar-refractivity contribution in [2.75, 3.05) is 13.1 Å².